The molecule has 1 heterocycles. The fourth-order valence-corrected chi connectivity index (χ4v) is 2.33. The fraction of sp³-hybridized carbons (Fsp3) is 0.500. The van der Waals surface area contributed by atoms with E-state index in [-0.39, 0.29) is 0 Å². The van der Waals surface area contributed by atoms with Crippen molar-refractivity contribution in [1.82, 2.24) is 9.97 Å². The molecule has 0 spiro atoms. The monoisotopic (exact) mass is 207 g/mol. The Bertz CT molecular complexity index is 377. The van der Waals surface area contributed by atoms with Crippen LogP contribution in [0.3, 0.4) is 0 Å². The Kier molecular flexibility index (Phi) is 2.39. The van der Waals surface area contributed by atoms with E-state index in [0.717, 1.165) is 25.7 Å². The van der Waals surface area contributed by atoms with Crippen LogP contribution in [0.1, 0.15) is 31.4 Å². The first-order valence-corrected chi connectivity index (χ1v) is 5.03. The van der Waals surface area contributed by atoms with Crippen molar-refractivity contribution in [2.75, 3.05) is 0 Å². The van der Waals surface area contributed by atoms with Crippen LogP contribution in [0.15, 0.2) is 12.5 Å². The van der Waals surface area contributed by atoms with Gasteiger partial charge >= 0.3 is 0 Å². The van der Waals surface area contributed by atoms with Crippen LogP contribution >= 0.6 is 11.6 Å². The lowest BCUT2D eigenvalue weighted by Crippen LogP contribution is -2.21. The maximum atomic E-state index is 9.23. The van der Waals surface area contributed by atoms with Crippen LogP contribution in [0.2, 0.25) is 5.02 Å². The molecule has 14 heavy (non-hydrogen) atoms. The Balaban J connectivity index is 2.47. The van der Waals surface area contributed by atoms with Crippen molar-refractivity contribution < 1.29 is 0 Å². The Morgan fingerprint density at radius 3 is 2.71 bits per heavy atom. The van der Waals surface area contributed by atoms with Gasteiger partial charge in [-0.2, -0.15) is 5.26 Å². The van der Waals surface area contributed by atoms with Crippen LogP contribution in [-0.4, -0.2) is 9.97 Å². The Hall–Kier alpha value is -1.14. The molecule has 0 unspecified atom stereocenters. The summed E-state index contributed by atoms with van der Waals surface area (Å²) < 4.78 is 0. The SMILES string of the molecule is N#CC1(c2ncncc2Cl)CCCC1. The largest absolute Gasteiger partial charge is 0.243 e. The summed E-state index contributed by atoms with van der Waals surface area (Å²) >= 11 is 6.00. The third-order valence-corrected chi connectivity index (χ3v) is 3.07. The topological polar surface area (TPSA) is 49.6 Å². The van der Waals surface area contributed by atoms with Crippen molar-refractivity contribution in [1.29, 1.82) is 5.26 Å². The highest BCUT2D eigenvalue weighted by molar-refractivity contribution is 6.31. The van der Waals surface area contributed by atoms with Gasteiger partial charge in [-0.3, -0.25) is 0 Å². The highest BCUT2D eigenvalue weighted by Crippen LogP contribution is 2.41. The second-order valence-corrected chi connectivity index (χ2v) is 4.03. The van der Waals surface area contributed by atoms with Crippen LogP contribution < -0.4 is 0 Å². The molecule has 2 rings (SSSR count). The zero-order chi connectivity index (χ0) is 10.0. The molecular weight excluding hydrogens is 198 g/mol. The summed E-state index contributed by atoms with van der Waals surface area (Å²) in [5.41, 5.74) is 0.245. The van der Waals surface area contributed by atoms with Gasteiger partial charge in [0.1, 0.15) is 11.7 Å². The van der Waals surface area contributed by atoms with E-state index in [9.17, 15) is 5.26 Å². The summed E-state index contributed by atoms with van der Waals surface area (Å²) in [4.78, 5) is 7.97. The molecule has 0 bridgehead atoms. The predicted octanol–water partition coefficient (Wildman–Crippen LogP) is 2.47. The summed E-state index contributed by atoms with van der Waals surface area (Å²) in [6.07, 6.45) is 6.89. The van der Waals surface area contributed by atoms with E-state index in [4.69, 9.17) is 11.6 Å². The Labute approximate surface area is 87.8 Å². The minimum Gasteiger partial charge on any atom is -0.243 e. The average Bonchev–Trinajstić information content (AvgIpc) is 2.68. The van der Waals surface area contributed by atoms with Crippen LogP contribution in [0.5, 0.6) is 0 Å². The number of aromatic nitrogens is 2. The van der Waals surface area contributed by atoms with Gasteiger partial charge in [-0.05, 0) is 12.8 Å². The van der Waals surface area contributed by atoms with E-state index in [0.29, 0.717) is 10.7 Å². The van der Waals surface area contributed by atoms with E-state index in [1.807, 2.05) is 0 Å². The quantitative estimate of drug-likeness (QED) is 0.711. The molecule has 0 radical (unpaired) electrons. The minimum absolute atomic E-state index is 0.458. The van der Waals surface area contributed by atoms with Gasteiger partial charge in [0.15, 0.2) is 0 Å². The van der Waals surface area contributed by atoms with Crippen molar-refractivity contribution in [3.8, 4) is 6.07 Å². The smallest absolute Gasteiger partial charge is 0.115 e. The molecule has 4 heteroatoms. The van der Waals surface area contributed by atoms with Gasteiger partial charge in [0.2, 0.25) is 0 Å². The molecule has 0 N–H and O–H groups in total. The number of halogens is 1. The number of nitriles is 1. The summed E-state index contributed by atoms with van der Waals surface area (Å²) in [6.45, 7) is 0. The molecular formula is C10H10ClN3. The molecule has 1 fully saturated rings. The summed E-state index contributed by atoms with van der Waals surface area (Å²) in [5.74, 6) is 0. The summed E-state index contributed by atoms with van der Waals surface area (Å²) in [5, 5.41) is 9.74. The number of rotatable bonds is 1. The van der Waals surface area contributed by atoms with E-state index in [1.54, 1.807) is 6.20 Å². The first kappa shape index (κ1) is 9.42. The number of hydrogen-bond acceptors (Lipinski definition) is 3. The van der Waals surface area contributed by atoms with Crippen LogP contribution in [0.4, 0.5) is 0 Å². The Morgan fingerprint density at radius 2 is 2.14 bits per heavy atom. The first-order valence-electron chi connectivity index (χ1n) is 4.66. The van der Waals surface area contributed by atoms with E-state index in [1.165, 1.54) is 6.33 Å². The standard InChI is InChI=1S/C10H10ClN3/c11-8-5-13-7-14-9(8)10(6-12)3-1-2-4-10/h5,7H,1-4H2. The number of nitrogens with zero attached hydrogens (tertiary/aromatic N) is 3. The lowest BCUT2D eigenvalue weighted by Gasteiger charge is -2.19. The lowest BCUT2D eigenvalue weighted by molar-refractivity contribution is 0.552. The van der Waals surface area contributed by atoms with E-state index < -0.39 is 5.41 Å². The summed E-state index contributed by atoms with van der Waals surface area (Å²) in [7, 11) is 0. The maximum absolute atomic E-state index is 9.23. The minimum atomic E-state index is -0.458. The van der Waals surface area contributed by atoms with Gasteiger partial charge in [-0.25, -0.2) is 9.97 Å². The molecule has 0 atom stereocenters. The third-order valence-electron chi connectivity index (χ3n) is 2.79. The van der Waals surface area contributed by atoms with E-state index in [2.05, 4.69) is 16.0 Å². The molecule has 3 nitrogen and oxygen atoms in total. The zero-order valence-corrected chi connectivity index (χ0v) is 8.46. The Morgan fingerprint density at radius 1 is 1.43 bits per heavy atom. The van der Waals surface area contributed by atoms with Crippen molar-refractivity contribution >= 4 is 11.6 Å². The molecule has 1 aromatic heterocycles. The van der Waals surface area contributed by atoms with Crippen LogP contribution in [0.25, 0.3) is 0 Å². The van der Waals surface area contributed by atoms with Gasteiger partial charge in [0.25, 0.3) is 0 Å². The molecule has 0 saturated heterocycles. The van der Waals surface area contributed by atoms with Gasteiger partial charge in [-0.15, -0.1) is 0 Å². The molecule has 0 aromatic carbocycles. The lowest BCUT2D eigenvalue weighted by atomic mass is 9.84. The molecule has 1 saturated carbocycles. The third kappa shape index (κ3) is 1.36. The van der Waals surface area contributed by atoms with Crippen molar-refractivity contribution in [2.24, 2.45) is 0 Å². The summed E-state index contributed by atoms with van der Waals surface area (Å²) in [6, 6.07) is 2.36. The van der Waals surface area contributed by atoms with Crippen LogP contribution in [0, 0.1) is 11.3 Å². The maximum Gasteiger partial charge on any atom is 0.115 e. The second-order valence-electron chi connectivity index (χ2n) is 3.62. The van der Waals surface area contributed by atoms with Crippen molar-refractivity contribution in [3.05, 3.63) is 23.2 Å². The highest BCUT2D eigenvalue weighted by atomic mass is 35.5. The van der Waals surface area contributed by atoms with Gasteiger partial charge < -0.3 is 0 Å². The van der Waals surface area contributed by atoms with E-state index >= 15 is 0 Å². The number of hydrogen-bond donors (Lipinski definition) is 0. The normalized spacial score (nSPS) is 19.1. The van der Waals surface area contributed by atoms with Crippen LogP contribution in [-0.2, 0) is 5.41 Å². The van der Waals surface area contributed by atoms with Crippen molar-refractivity contribution in [2.45, 2.75) is 31.1 Å². The van der Waals surface area contributed by atoms with Gasteiger partial charge in [0, 0.05) is 6.20 Å². The molecule has 0 amide bonds. The molecule has 1 aromatic rings. The molecule has 0 aliphatic heterocycles. The molecule has 1 aliphatic rings. The zero-order valence-electron chi connectivity index (χ0n) is 7.70. The fourth-order valence-electron chi connectivity index (χ4n) is 2.04. The molecule has 1 aliphatic carbocycles. The average molecular weight is 208 g/mol. The van der Waals surface area contributed by atoms with Crippen molar-refractivity contribution in [3.63, 3.8) is 0 Å². The highest BCUT2D eigenvalue weighted by Gasteiger charge is 2.38. The van der Waals surface area contributed by atoms with Gasteiger partial charge in [-0.1, -0.05) is 24.4 Å². The molecule has 72 valence electrons. The van der Waals surface area contributed by atoms with Gasteiger partial charge in [0.05, 0.1) is 16.8 Å². The second kappa shape index (κ2) is 3.55. The predicted molar refractivity (Wildman–Crippen MR) is 52.8 cm³/mol. The first-order chi connectivity index (χ1) is 6.78.